The lowest BCUT2D eigenvalue weighted by atomic mass is 9.96. The number of hydrogen-bond acceptors (Lipinski definition) is 4. The summed E-state index contributed by atoms with van der Waals surface area (Å²) in [7, 11) is 0. The molecule has 0 aromatic heterocycles. The van der Waals surface area contributed by atoms with E-state index in [1.807, 2.05) is 6.92 Å². The van der Waals surface area contributed by atoms with Crippen LogP contribution < -0.4 is 5.73 Å². The van der Waals surface area contributed by atoms with Gasteiger partial charge in [-0.15, -0.1) is 0 Å². The number of carbonyl (C=O) groups is 3. The molecule has 0 aliphatic carbocycles. The highest BCUT2D eigenvalue weighted by Gasteiger charge is 2.33. The third-order valence-corrected chi connectivity index (χ3v) is 6.19. The molecule has 1 aromatic rings. The number of piperazine rings is 1. The molecule has 1 atom stereocenters. The molecular formula is C20H26ClFN4O3. The fraction of sp³-hybridized carbons (Fsp3) is 0.550. The average Bonchev–Trinajstić information content (AvgIpc) is 2.72. The van der Waals surface area contributed by atoms with E-state index in [4.69, 9.17) is 17.3 Å². The van der Waals surface area contributed by atoms with E-state index in [1.54, 1.807) is 9.80 Å². The number of likely N-dealkylation sites (tertiary alicyclic amines) is 1. The summed E-state index contributed by atoms with van der Waals surface area (Å²) in [5, 5.41) is 0.0975. The second kappa shape index (κ2) is 9.09. The van der Waals surface area contributed by atoms with Crippen molar-refractivity contribution in [2.75, 3.05) is 39.3 Å². The highest BCUT2D eigenvalue weighted by Crippen LogP contribution is 2.21. The SMILES string of the molecule is CC(C(=O)N1CCC(C(N)=O)CC1)N1CCN(C(=O)c2ccc(F)cc2Cl)CC1. The smallest absolute Gasteiger partial charge is 0.255 e. The second-order valence-corrected chi connectivity index (χ2v) is 8.04. The summed E-state index contributed by atoms with van der Waals surface area (Å²) in [6.45, 7) is 5.01. The minimum atomic E-state index is -0.483. The van der Waals surface area contributed by atoms with E-state index in [0.717, 1.165) is 6.07 Å². The summed E-state index contributed by atoms with van der Waals surface area (Å²) in [4.78, 5) is 42.3. The summed E-state index contributed by atoms with van der Waals surface area (Å²) < 4.78 is 13.2. The van der Waals surface area contributed by atoms with Gasteiger partial charge >= 0.3 is 0 Å². The normalized spacial score (nSPS) is 19.8. The number of rotatable bonds is 4. The van der Waals surface area contributed by atoms with Crippen molar-refractivity contribution >= 4 is 29.3 Å². The predicted molar refractivity (Wildman–Crippen MR) is 107 cm³/mol. The third kappa shape index (κ3) is 4.87. The van der Waals surface area contributed by atoms with Gasteiger partial charge in [0.05, 0.1) is 16.6 Å². The van der Waals surface area contributed by atoms with E-state index < -0.39 is 5.82 Å². The van der Waals surface area contributed by atoms with Crippen LogP contribution in [0.2, 0.25) is 5.02 Å². The Morgan fingerprint density at radius 3 is 2.24 bits per heavy atom. The van der Waals surface area contributed by atoms with Crippen LogP contribution in [0.15, 0.2) is 18.2 Å². The van der Waals surface area contributed by atoms with Gasteiger partial charge in [0.15, 0.2) is 0 Å². The number of amides is 3. The van der Waals surface area contributed by atoms with Crippen LogP contribution in [0.5, 0.6) is 0 Å². The van der Waals surface area contributed by atoms with Crippen molar-refractivity contribution in [2.45, 2.75) is 25.8 Å². The fourth-order valence-corrected chi connectivity index (χ4v) is 4.20. The van der Waals surface area contributed by atoms with Crippen molar-refractivity contribution in [3.05, 3.63) is 34.6 Å². The Labute approximate surface area is 174 Å². The van der Waals surface area contributed by atoms with Crippen molar-refractivity contribution in [3.63, 3.8) is 0 Å². The summed E-state index contributed by atoms with van der Waals surface area (Å²) in [6.07, 6.45) is 1.21. The van der Waals surface area contributed by atoms with Gasteiger partial charge < -0.3 is 15.5 Å². The van der Waals surface area contributed by atoms with Gasteiger partial charge in [0.2, 0.25) is 11.8 Å². The number of carbonyl (C=O) groups excluding carboxylic acids is 3. The van der Waals surface area contributed by atoms with Crippen molar-refractivity contribution in [1.82, 2.24) is 14.7 Å². The number of benzene rings is 1. The van der Waals surface area contributed by atoms with E-state index in [-0.39, 0.29) is 40.3 Å². The van der Waals surface area contributed by atoms with Crippen LogP contribution in [0.25, 0.3) is 0 Å². The highest BCUT2D eigenvalue weighted by atomic mass is 35.5. The molecule has 7 nitrogen and oxygen atoms in total. The zero-order valence-corrected chi connectivity index (χ0v) is 17.2. The second-order valence-electron chi connectivity index (χ2n) is 7.63. The molecule has 3 rings (SSSR count). The minimum Gasteiger partial charge on any atom is -0.369 e. The van der Waals surface area contributed by atoms with Gasteiger partial charge in [0.1, 0.15) is 5.82 Å². The first-order valence-corrected chi connectivity index (χ1v) is 10.2. The first kappa shape index (κ1) is 21.5. The van der Waals surface area contributed by atoms with Crippen molar-refractivity contribution < 1.29 is 18.8 Å². The lowest BCUT2D eigenvalue weighted by Gasteiger charge is -2.40. The maximum atomic E-state index is 13.2. The molecule has 9 heteroatoms. The Hall–Kier alpha value is -2.19. The van der Waals surface area contributed by atoms with Crippen molar-refractivity contribution in [2.24, 2.45) is 11.7 Å². The maximum Gasteiger partial charge on any atom is 0.255 e. The highest BCUT2D eigenvalue weighted by molar-refractivity contribution is 6.33. The maximum absolute atomic E-state index is 13.2. The molecule has 0 bridgehead atoms. The number of nitrogens with zero attached hydrogens (tertiary/aromatic N) is 3. The van der Waals surface area contributed by atoms with Crippen LogP contribution in [0.3, 0.4) is 0 Å². The van der Waals surface area contributed by atoms with Crippen LogP contribution in [0.1, 0.15) is 30.1 Å². The molecule has 1 aromatic carbocycles. The summed E-state index contributed by atoms with van der Waals surface area (Å²) in [5.41, 5.74) is 5.63. The zero-order chi connectivity index (χ0) is 21.1. The first-order chi connectivity index (χ1) is 13.8. The van der Waals surface area contributed by atoms with Crippen molar-refractivity contribution in [1.29, 1.82) is 0 Å². The van der Waals surface area contributed by atoms with Crippen LogP contribution in [-0.2, 0) is 9.59 Å². The fourth-order valence-electron chi connectivity index (χ4n) is 3.95. The lowest BCUT2D eigenvalue weighted by molar-refractivity contribution is -0.139. The molecule has 29 heavy (non-hydrogen) atoms. The molecule has 0 saturated carbocycles. The van der Waals surface area contributed by atoms with Gasteiger partial charge in [-0.1, -0.05) is 11.6 Å². The van der Waals surface area contributed by atoms with E-state index in [0.29, 0.717) is 52.1 Å². The quantitative estimate of drug-likeness (QED) is 0.790. The molecule has 2 aliphatic heterocycles. The summed E-state index contributed by atoms with van der Waals surface area (Å²) >= 11 is 6.00. The topological polar surface area (TPSA) is 86.9 Å². The van der Waals surface area contributed by atoms with E-state index >= 15 is 0 Å². The Kier molecular flexibility index (Phi) is 6.74. The van der Waals surface area contributed by atoms with E-state index in [1.165, 1.54) is 12.1 Å². The standard InChI is InChI=1S/C20H26ClFN4O3/c1-13(19(28)25-6-4-14(5-7-25)18(23)27)24-8-10-26(11-9-24)20(29)16-3-2-15(22)12-17(16)21/h2-3,12-14H,4-11H2,1H3,(H2,23,27). The van der Waals surface area contributed by atoms with Crippen LogP contribution in [0, 0.1) is 11.7 Å². The number of hydrogen-bond donors (Lipinski definition) is 1. The molecule has 0 radical (unpaired) electrons. The van der Waals surface area contributed by atoms with Gasteiger partial charge in [-0.05, 0) is 38.0 Å². The van der Waals surface area contributed by atoms with Gasteiger partial charge in [0, 0.05) is 45.2 Å². The molecule has 2 N–H and O–H groups in total. The summed E-state index contributed by atoms with van der Waals surface area (Å²) in [6, 6.07) is 3.45. The zero-order valence-electron chi connectivity index (χ0n) is 16.4. The van der Waals surface area contributed by atoms with Gasteiger partial charge in [0.25, 0.3) is 5.91 Å². The molecular weight excluding hydrogens is 399 g/mol. The molecule has 2 aliphatic rings. The predicted octanol–water partition coefficient (Wildman–Crippen LogP) is 1.35. The average molecular weight is 425 g/mol. The van der Waals surface area contributed by atoms with Gasteiger partial charge in [-0.2, -0.15) is 0 Å². The number of halogens is 2. The molecule has 2 fully saturated rings. The third-order valence-electron chi connectivity index (χ3n) is 5.88. The van der Waals surface area contributed by atoms with Crippen LogP contribution >= 0.6 is 11.6 Å². The van der Waals surface area contributed by atoms with Crippen LogP contribution in [0.4, 0.5) is 4.39 Å². The molecule has 0 spiro atoms. The molecule has 2 saturated heterocycles. The number of piperidine rings is 1. The molecule has 3 amide bonds. The van der Waals surface area contributed by atoms with Gasteiger partial charge in [-0.25, -0.2) is 4.39 Å². The van der Waals surface area contributed by atoms with Crippen LogP contribution in [-0.4, -0.2) is 77.7 Å². The Morgan fingerprint density at radius 1 is 1.07 bits per heavy atom. The molecule has 158 valence electrons. The Balaban J connectivity index is 1.52. The van der Waals surface area contributed by atoms with Crippen molar-refractivity contribution in [3.8, 4) is 0 Å². The monoisotopic (exact) mass is 424 g/mol. The molecule has 1 unspecified atom stereocenters. The Morgan fingerprint density at radius 2 is 1.69 bits per heavy atom. The number of primary amides is 1. The number of nitrogens with two attached hydrogens (primary N) is 1. The first-order valence-electron chi connectivity index (χ1n) is 9.84. The minimum absolute atomic E-state index is 0.0364. The molecule has 2 heterocycles. The summed E-state index contributed by atoms with van der Waals surface area (Å²) in [5.74, 6) is -1.13. The lowest BCUT2D eigenvalue weighted by Crippen LogP contribution is -2.56. The van der Waals surface area contributed by atoms with E-state index in [2.05, 4.69) is 4.90 Å². The largest absolute Gasteiger partial charge is 0.369 e. The van der Waals surface area contributed by atoms with Gasteiger partial charge in [-0.3, -0.25) is 19.3 Å². The van der Waals surface area contributed by atoms with E-state index in [9.17, 15) is 18.8 Å². The Bertz CT molecular complexity index is 790.